The van der Waals surface area contributed by atoms with E-state index in [1.165, 1.54) is 12.1 Å². The normalized spacial score (nSPS) is 10.2. The highest BCUT2D eigenvalue weighted by Crippen LogP contribution is 2.14. The summed E-state index contributed by atoms with van der Waals surface area (Å²) in [6.07, 6.45) is 2.40. The second kappa shape index (κ2) is 6.63. The highest BCUT2D eigenvalue weighted by atomic mass is 19.1. The second-order valence-electron chi connectivity index (χ2n) is 4.21. The van der Waals surface area contributed by atoms with E-state index in [-0.39, 0.29) is 12.2 Å². The summed E-state index contributed by atoms with van der Waals surface area (Å²) in [6.45, 7) is 1.15. The molecule has 1 aromatic carbocycles. The van der Waals surface area contributed by atoms with Gasteiger partial charge in [-0.15, -0.1) is 5.10 Å². The molecule has 6 nitrogen and oxygen atoms in total. The Hall–Kier alpha value is -2.46. The zero-order valence-corrected chi connectivity index (χ0v) is 10.8. The molecule has 20 heavy (non-hydrogen) atoms. The van der Waals surface area contributed by atoms with Crippen molar-refractivity contribution in [2.24, 2.45) is 0 Å². The van der Waals surface area contributed by atoms with Gasteiger partial charge in [0.1, 0.15) is 17.6 Å². The number of nitrogens with zero attached hydrogens (tertiary/aromatic N) is 4. The average molecular weight is 275 g/mol. The average Bonchev–Trinajstić information content (AvgIpc) is 2.92. The molecule has 0 saturated heterocycles. The molecule has 2 N–H and O–H groups in total. The first-order valence-corrected chi connectivity index (χ1v) is 6.16. The quantitative estimate of drug-likeness (QED) is 0.829. The maximum Gasteiger partial charge on any atom is 0.141 e. The smallest absolute Gasteiger partial charge is 0.141 e. The third-order valence-corrected chi connectivity index (χ3v) is 2.69. The zero-order valence-electron chi connectivity index (χ0n) is 10.8. The van der Waals surface area contributed by atoms with Crippen molar-refractivity contribution in [3.8, 4) is 6.07 Å². The molecule has 7 heteroatoms. The van der Waals surface area contributed by atoms with Crippen LogP contribution in [-0.4, -0.2) is 26.7 Å². The number of benzene rings is 1. The molecule has 2 rings (SSSR count). The van der Waals surface area contributed by atoms with Crippen molar-refractivity contribution in [2.45, 2.75) is 19.5 Å². The summed E-state index contributed by atoms with van der Waals surface area (Å²) >= 11 is 0. The van der Waals surface area contributed by atoms with Gasteiger partial charge < -0.3 is 10.4 Å². The van der Waals surface area contributed by atoms with E-state index in [0.29, 0.717) is 25.2 Å². The van der Waals surface area contributed by atoms with Crippen molar-refractivity contribution in [3.63, 3.8) is 0 Å². The van der Waals surface area contributed by atoms with Crippen LogP contribution in [0, 0.1) is 17.1 Å². The van der Waals surface area contributed by atoms with Gasteiger partial charge >= 0.3 is 0 Å². The van der Waals surface area contributed by atoms with Gasteiger partial charge in [-0.2, -0.15) is 5.26 Å². The molecule has 1 aromatic heterocycles. The Morgan fingerprint density at radius 3 is 3.05 bits per heavy atom. The highest BCUT2D eigenvalue weighted by molar-refractivity contribution is 5.49. The number of hydrogen-bond acceptors (Lipinski definition) is 5. The monoisotopic (exact) mass is 275 g/mol. The van der Waals surface area contributed by atoms with E-state index in [1.54, 1.807) is 23.0 Å². The molecular formula is C13H14FN5O. The van der Waals surface area contributed by atoms with Crippen LogP contribution in [-0.2, 0) is 13.1 Å². The third-order valence-electron chi connectivity index (χ3n) is 2.69. The van der Waals surface area contributed by atoms with Crippen LogP contribution in [0.4, 0.5) is 10.1 Å². The number of aliphatic hydroxyl groups is 1. The fourth-order valence-corrected chi connectivity index (χ4v) is 1.68. The largest absolute Gasteiger partial charge is 0.396 e. The lowest BCUT2D eigenvalue weighted by Gasteiger charge is -2.04. The first-order chi connectivity index (χ1) is 9.72. The minimum Gasteiger partial charge on any atom is -0.396 e. The van der Waals surface area contributed by atoms with Gasteiger partial charge in [0.15, 0.2) is 0 Å². The number of nitrogens with one attached hydrogen (secondary N) is 1. The van der Waals surface area contributed by atoms with Gasteiger partial charge in [0.2, 0.25) is 0 Å². The first kappa shape index (κ1) is 14.0. The number of anilines is 1. The maximum atomic E-state index is 13.2. The molecule has 0 atom stereocenters. The maximum absolute atomic E-state index is 13.2. The van der Waals surface area contributed by atoms with Crippen molar-refractivity contribution in [1.29, 1.82) is 5.26 Å². The van der Waals surface area contributed by atoms with E-state index < -0.39 is 5.82 Å². The predicted octanol–water partition coefficient (Wildman–Crippen LogP) is 1.28. The number of aryl methyl sites for hydroxylation is 1. The molecule has 0 unspecified atom stereocenters. The summed E-state index contributed by atoms with van der Waals surface area (Å²) < 4.78 is 14.8. The molecule has 0 amide bonds. The minimum atomic E-state index is -0.534. The summed E-state index contributed by atoms with van der Waals surface area (Å²) in [5.41, 5.74) is 1.38. The van der Waals surface area contributed by atoms with Crippen LogP contribution in [0.5, 0.6) is 0 Å². The van der Waals surface area contributed by atoms with Crippen molar-refractivity contribution in [3.05, 3.63) is 41.5 Å². The molecule has 0 aliphatic rings. The summed E-state index contributed by atoms with van der Waals surface area (Å²) in [5.74, 6) is -0.534. The first-order valence-electron chi connectivity index (χ1n) is 6.16. The van der Waals surface area contributed by atoms with Gasteiger partial charge in [0.25, 0.3) is 0 Å². The van der Waals surface area contributed by atoms with Gasteiger partial charge in [-0.3, -0.25) is 4.68 Å². The lowest BCUT2D eigenvalue weighted by molar-refractivity contribution is 0.276. The molecular weight excluding hydrogens is 261 g/mol. The molecule has 0 aliphatic heterocycles. The van der Waals surface area contributed by atoms with Crippen LogP contribution < -0.4 is 5.32 Å². The van der Waals surface area contributed by atoms with Gasteiger partial charge in [-0.25, -0.2) is 4.39 Å². The van der Waals surface area contributed by atoms with Crippen LogP contribution in [0.3, 0.4) is 0 Å². The Bertz CT molecular complexity index is 619. The fourth-order valence-electron chi connectivity index (χ4n) is 1.68. The molecule has 1 heterocycles. The standard InChI is InChI=1S/C13H14FN5O/c14-13-3-2-11(6-10(13)7-15)16-8-12-9-19(18-17-12)4-1-5-20/h2-3,6,9,16,20H,1,4-5,8H2. The molecule has 0 fully saturated rings. The van der Waals surface area contributed by atoms with Gasteiger partial charge in [-0.1, -0.05) is 5.21 Å². The molecule has 0 spiro atoms. The number of hydrogen-bond donors (Lipinski definition) is 2. The number of aliphatic hydroxyl groups excluding tert-OH is 1. The molecule has 0 radical (unpaired) electrons. The Morgan fingerprint density at radius 1 is 1.45 bits per heavy atom. The summed E-state index contributed by atoms with van der Waals surface area (Å²) in [7, 11) is 0. The van der Waals surface area contributed by atoms with E-state index in [2.05, 4.69) is 15.6 Å². The Labute approximate surface area is 115 Å². The lowest BCUT2D eigenvalue weighted by atomic mass is 10.2. The van der Waals surface area contributed by atoms with Crippen LogP contribution >= 0.6 is 0 Å². The molecule has 0 aliphatic carbocycles. The summed E-state index contributed by atoms with van der Waals surface area (Å²) in [5, 5.41) is 28.4. The van der Waals surface area contributed by atoms with E-state index in [0.717, 1.165) is 5.69 Å². The summed E-state index contributed by atoms with van der Waals surface area (Å²) in [4.78, 5) is 0. The summed E-state index contributed by atoms with van der Waals surface area (Å²) in [6, 6.07) is 6.05. The highest BCUT2D eigenvalue weighted by Gasteiger charge is 2.04. The van der Waals surface area contributed by atoms with E-state index in [9.17, 15) is 4.39 Å². The number of nitriles is 1. The van der Waals surface area contributed by atoms with E-state index in [1.807, 2.05) is 0 Å². The number of halogens is 1. The zero-order chi connectivity index (χ0) is 14.4. The second-order valence-corrected chi connectivity index (χ2v) is 4.21. The molecule has 2 aromatic rings. The Morgan fingerprint density at radius 2 is 2.30 bits per heavy atom. The molecule has 0 saturated carbocycles. The predicted molar refractivity (Wildman–Crippen MR) is 70.2 cm³/mol. The van der Waals surface area contributed by atoms with Crippen molar-refractivity contribution in [2.75, 3.05) is 11.9 Å². The number of aromatic nitrogens is 3. The minimum absolute atomic E-state index is 0.00148. The van der Waals surface area contributed by atoms with E-state index >= 15 is 0 Å². The Kier molecular flexibility index (Phi) is 4.63. The fraction of sp³-hybridized carbons (Fsp3) is 0.308. The van der Waals surface area contributed by atoms with Crippen molar-refractivity contribution in [1.82, 2.24) is 15.0 Å². The van der Waals surface area contributed by atoms with Crippen LogP contribution in [0.25, 0.3) is 0 Å². The topological polar surface area (TPSA) is 86.8 Å². The molecule has 104 valence electrons. The van der Waals surface area contributed by atoms with E-state index in [4.69, 9.17) is 10.4 Å². The molecule has 0 bridgehead atoms. The van der Waals surface area contributed by atoms with Crippen LogP contribution in [0.15, 0.2) is 24.4 Å². The van der Waals surface area contributed by atoms with Crippen LogP contribution in [0.1, 0.15) is 17.7 Å². The third kappa shape index (κ3) is 3.52. The van der Waals surface area contributed by atoms with Gasteiger partial charge in [0.05, 0.1) is 18.3 Å². The Balaban J connectivity index is 1.95. The van der Waals surface area contributed by atoms with Gasteiger partial charge in [-0.05, 0) is 24.6 Å². The lowest BCUT2D eigenvalue weighted by Crippen LogP contribution is -2.01. The van der Waals surface area contributed by atoms with Crippen molar-refractivity contribution >= 4 is 5.69 Å². The van der Waals surface area contributed by atoms with Crippen LogP contribution in [0.2, 0.25) is 0 Å². The van der Waals surface area contributed by atoms with Crippen molar-refractivity contribution < 1.29 is 9.50 Å². The van der Waals surface area contributed by atoms with Gasteiger partial charge in [0, 0.05) is 18.8 Å². The SMILES string of the molecule is N#Cc1cc(NCc2cn(CCCO)nn2)ccc1F. The number of rotatable bonds is 6.